The van der Waals surface area contributed by atoms with Crippen molar-refractivity contribution >= 4 is 23.0 Å². The third kappa shape index (κ3) is 3.06. The SMILES string of the molecule is CC1=c2c(c(=O)[nH]c(=O)n2C2CC2)=CC(F)C1c1cc2c(s1)CCC(C(C)N)C2. The molecule has 5 nitrogen and oxygen atoms in total. The molecule has 154 valence electrons. The van der Waals surface area contributed by atoms with Gasteiger partial charge in [0.25, 0.3) is 5.56 Å². The number of rotatable bonds is 3. The first kappa shape index (κ1) is 19.0. The fourth-order valence-electron chi connectivity index (χ4n) is 4.99. The normalized spacial score (nSPS) is 27.2. The number of H-pyrrole nitrogens is 1. The van der Waals surface area contributed by atoms with Gasteiger partial charge in [-0.15, -0.1) is 11.3 Å². The van der Waals surface area contributed by atoms with E-state index in [-0.39, 0.29) is 17.8 Å². The van der Waals surface area contributed by atoms with Crippen molar-refractivity contribution in [1.29, 1.82) is 0 Å². The molecule has 1 saturated carbocycles. The van der Waals surface area contributed by atoms with Crippen LogP contribution in [-0.4, -0.2) is 21.8 Å². The molecular weight excluding hydrogens is 389 g/mol. The summed E-state index contributed by atoms with van der Waals surface area (Å²) in [5.41, 5.74) is 7.31. The van der Waals surface area contributed by atoms with Gasteiger partial charge in [0.15, 0.2) is 0 Å². The second-order valence-corrected chi connectivity index (χ2v) is 10.0. The van der Waals surface area contributed by atoms with Crippen molar-refractivity contribution in [2.24, 2.45) is 11.7 Å². The van der Waals surface area contributed by atoms with E-state index in [0.29, 0.717) is 16.5 Å². The molecule has 0 saturated heterocycles. The van der Waals surface area contributed by atoms with E-state index in [1.54, 1.807) is 15.9 Å². The number of aryl methyl sites for hydroxylation is 1. The first-order chi connectivity index (χ1) is 13.8. The highest BCUT2D eigenvalue weighted by Crippen LogP contribution is 2.41. The first-order valence-electron chi connectivity index (χ1n) is 10.4. The number of aromatic nitrogens is 2. The Morgan fingerprint density at radius 1 is 1.31 bits per heavy atom. The topological polar surface area (TPSA) is 80.9 Å². The number of nitrogens with two attached hydrogens (primary N) is 1. The van der Waals surface area contributed by atoms with Crippen LogP contribution in [0.4, 0.5) is 4.39 Å². The summed E-state index contributed by atoms with van der Waals surface area (Å²) in [6.45, 7) is 3.93. The van der Waals surface area contributed by atoms with E-state index in [0.717, 1.165) is 42.6 Å². The van der Waals surface area contributed by atoms with E-state index < -0.39 is 17.6 Å². The Kier molecular flexibility index (Phi) is 4.44. The maximum absolute atomic E-state index is 15.3. The van der Waals surface area contributed by atoms with Gasteiger partial charge in [0.05, 0.1) is 16.5 Å². The van der Waals surface area contributed by atoms with Gasteiger partial charge in [0, 0.05) is 21.8 Å². The van der Waals surface area contributed by atoms with Crippen LogP contribution < -0.4 is 27.6 Å². The van der Waals surface area contributed by atoms with Crippen LogP contribution in [0.2, 0.25) is 0 Å². The fraction of sp³-hybridized carbons (Fsp3) is 0.545. The molecule has 4 unspecified atom stereocenters. The number of aromatic amines is 1. The fourth-order valence-corrected chi connectivity index (χ4v) is 6.40. The Labute approximate surface area is 171 Å². The lowest BCUT2D eigenvalue weighted by molar-refractivity contribution is 0.390. The van der Waals surface area contributed by atoms with E-state index in [1.165, 1.54) is 16.5 Å². The second kappa shape index (κ2) is 6.77. The number of nitrogens with one attached hydrogen (secondary N) is 1. The molecule has 0 bridgehead atoms. The first-order valence-corrected chi connectivity index (χ1v) is 11.3. The molecule has 5 rings (SSSR count). The molecule has 29 heavy (non-hydrogen) atoms. The molecule has 3 N–H and O–H groups in total. The lowest BCUT2D eigenvalue weighted by Crippen LogP contribution is -2.57. The Morgan fingerprint density at radius 2 is 2.07 bits per heavy atom. The molecule has 3 aliphatic carbocycles. The quantitative estimate of drug-likeness (QED) is 0.797. The van der Waals surface area contributed by atoms with Crippen molar-refractivity contribution in [1.82, 2.24) is 9.55 Å². The largest absolute Gasteiger partial charge is 0.329 e. The number of nitrogens with zero attached hydrogens (tertiary/aromatic N) is 1. The van der Waals surface area contributed by atoms with E-state index >= 15 is 4.39 Å². The number of alkyl halides is 1. The predicted molar refractivity (Wildman–Crippen MR) is 114 cm³/mol. The molecule has 2 heterocycles. The van der Waals surface area contributed by atoms with Gasteiger partial charge in [-0.3, -0.25) is 14.3 Å². The summed E-state index contributed by atoms with van der Waals surface area (Å²) in [7, 11) is 0. The number of thiophene rings is 1. The zero-order chi connectivity index (χ0) is 20.4. The molecule has 2 aromatic heterocycles. The molecule has 0 amide bonds. The van der Waals surface area contributed by atoms with E-state index in [9.17, 15) is 9.59 Å². The van der Waals surface area contributed by atoms with Gasteiger partial charge in [-0.2, -0.15) is 0 Å². The molecule has 1 fully saturated rings. The van der Waals surface area contributed by atoms with Crippen LogP contribution in [0, 0.1) is 5.92 Å². The van der Waals surface area contributed by atoms with Crippen molar-refractivity contribution in [3.63, 3.8) is 0 Å². The number of hydrogen-bond acceptors (Lipinski definition) is 4. The van der Waals surface area contributed by atoms with Crippen LogP contribution in [-0.2, 0) is 12.8 Å². The average molecular weight is 416 g/mol. The highest BCUT2D eigenvalue weighted by atomic mass is 32.1. The van der Waals surface area contributed by atoms with E-state index in [1.807, 2.05) is 6.92 Å². The zero-order valence-electron chi connectivity index (χ0n) is 16.7. The van der Waals surface area contributed by atoms with Gasteiger partial charge in [-0.25, -0.2) is 9.18 Å². The van der Waals surface area contributed by atoms with Gasteiger partial charge in [0.1, 0.15) is 6.17 Å². The smallest absolute Gasteiger partial charge is 0.328 e. The molecule has 4 atom stereocenters. The van der Waals surface area contributed by atoms with Crippen LogP contribution in [0.1, 0.15) is 60.4 Å². The van der Waals surface area contributed by atoms with Gasteiger partial charge in [-0.1, -0.05) is 0 Å². The van der Waals surface area contributed by atoms with Crippen LogP contribution in [0.15, 0.2) is 15.7 Å². The lowest BCUT2D eigenvalue weighted by atomic mass is 9.83. The minimum Gasteiger partial charge on any atom is -0.328 e. The molecule has 2 aromatic rings. The summed E-state index contributed by atoms with van der Waals surface area (Å²) < 4.78 is 17.0. The predicted octanol–water partition coefficient (Wildman–Crippen LogP) is 1.47. The van der Waals surface area contributed by atoms with Crippen molar-refractivity contribution in [3.8, 4) is 0 Å². The molecule has 0 aliphatic heterocycles. The summed E-state index contributed by atoms with van der Waals surface area (Å²) in [6.07, 6.45) is 4.97. The highest BCUT2D eigenvalue weighted by Gasteiger charge is 2.34. The van der Waals surface area contributed by atoms with Crippen molar-refractivity contribution in [2.45, 2.75) is 70.1 Å². The standard InChI is InChI=1S/C22H26FN3O2S/c1-10-19(18-8-13-7-12(11(2)24)3-6-17(13)29-18)16(23)9-15-20(10)26(14-4-5-14)22(28)25-21(15)27/h8-9,11-12,14,16,19H,3-7,24H2,1-2H3,(H,25,27,28). The third-order valence-corrected chi connectivity index (χ3v) is 8.09. The number of hydrogen-bond donors (Lipinski definition) is 2. The van der Waals surface area contributed by atoms with E-state index in [2.05, 4.69) is 18.0 Å². The number of fused-ring (bicyclic) bond motifs is 2. The second-order valence-electron chi connectivity index (χ2n) is 8.85. The zero-order valence-corrected chi connectivity index (χ0v) is 17.5. The van der Waals surface area contributed by atoms with Gasteiger partial charge in [0.2, 0.25) is 0 Å². The maximum Gasteiger partial charge on any atom is 0.329 e. The molecule has 3 aliphatic rings. The summed E-state index contributed by atoms with van der Waals surface area (Å²) in [4.78, 5) is 29.6. The van der Waals surface area contributed by atoms with Gasteiger partial charge >= 0.3 is 5.69 Å². The molecular formula is C22H26FN3O2S. The van der Waals surface area contributed by atoms with Gasteiger partial charge < -0.3 is 5.73 Å². The van der Waals surface area contributed by atoms with Crippen LogP contribution in [0.3, 0.4) is 0 Å². The molecule has 7 heteroatoms. The molecule has 0 aromatic carbocycles. The summed E-state index contributed by atoms with van der Waals surface area (Å²) in [6, 6.07) is 2.40. The average Bonchev–Trinajstić information content (AvgIpc) is 3.40. The monoisotopic (exact) mass is 415 g/mol. The highest BCUT2D eigenvalue weighted by molar-refractivity contribution is 7.12. The van der Waals surface area contributed by atoms with Crippen molar-refractivity contribution < 1.29 is 4.39 Å². The summed E-state index contributed by atoms with van der Waals surface area (Å²) >= 11 is 1.68. The van der Waals surface area contributed by atoms with Crippen LogP contribution in [0.5, 0.6) is 0 Å². The summed E-state index contributed by atoms with van der Waals surface area (Å²) in [5.74, 6) is 0.0199. The Balaban J connectivity index is 1.66. The lowest BCUT2D eigenvalue weighted by Gasteiger charge is -2.25. The minimum absolute atomic E-state index is 0.108. The Hall–Kier alpha value is -1.99. The van der Waals surface area contributed by atoms with E-state index in [4.69, 9.17) is 5.73 Å². The molecule has 0 spiro atoms. The van der Waals surface area contributed by atoms with Gasteiger partial charge in [-0.05, 0) is 75.1 Å². The Bertz CT molecular complexity index is 1220. The number of halogens is 1. The van der Waals surface area contributed by atoms with Crippen molar-refractivity contribution in [3.05, 3.63) is 52.8 Å². The van der Waals surface area contributed by atoms with Crippen molar-refractivity contribution in [2.75, 3.05) is 0 Å². The third-order valence-electron chi connectivity index (χ3n) is 6.77. The summed E-state index contributed by atoms with van der Waals surface area (Å²) in [5, 5.41) is 0.927. The van der Waals surface area contributed by atoms with Crippen LogP contribution >= 0.6 is 11.3 Å². The maximum atomic E-state index is 15.3. The van der Waals surface area contributed by atoms with Crippen LogP contribution in [0.25, 0.3) is 11.6 Å². The molecule has 0 radical (unpaired) electrons. The Morgan fingerprint density at radius 3 is 2.76 bits per heavy atom. The minimum atomic E-state index is -1.28.